The van der Waals surface area contributed by atoms with Crippen molar-refractivity contribution in [1.29, 1.82) is 0 Å². The minimum Gasteiger partial charge on any atom is -0.467 e. The molecular weight excluding hydrogens is 681 g/mol. The molecule has 0 radical (unpaired) electrons. The number of rotatable bonds is 10. The summed E-state index contributed by atoms with van der Waals surface area (Å²) in [7, 11) is -8.40. The SMILES string of the molecule is COC(=O)[C@H](C)NC(=O)Cn1c(=O)c(C)cn(C2OC(CO[Si](C)(C)C(C)(C)C)C3(OS(=O)(=O)C=C3N)C2O[Si](C)(C)C(C)(C)C)c1=O. The van der Waals surface area contributed by atoms with Crippen LogP contribution in [0.4, 0.5) is 0 Å². The van der Waals surface area contributed by atoms with E-state index in [1.54, 1.807) is 0 Å². The standard InChI is InChI=1S/C30H52N4O11SSi2/c1-18-14-34(27(38)33(24(18)36)15-22(35)32-19(2)26(37)41-9)25-23(44-48(12,13)29(6,7)8)30(20(31)17-46(39,40)45-30)21(43-25)16-42-47(10,11)28(3,4)5/h14,17,19,21,23,25H,15-16,31H2,1-13H3,(H,32,35)/t19-,21?,23?,25?,30?/m0/s1. The van der Waals surface area contributed by atoms with Crippen LogP contribution in [0.5, 0.6) is 0 Å². The molecule has 3 heterocycles. The van der Waals surface area contributed by atoms with E-state index >= 15 is 0 Å². The van der Waals surface area contributed by atoms with Crippen LogP contribution >= 0.6 is 0 Å². The number of nitrogens with zero attached hydrogens (tertiary/aromatic N) is 2. The topological polar surface area (TPSA) is 196 Å². The number of amides is 1. The van der Waals surface area contributed by atoms with Gasteiger partial charge in [-0.05, 0) is 50.1 Å². The number of nitrogens with two attached hydrogens (primary N) is 1. The summed E-state index contributed by atoms with van der Waals surface area (Å²) in [4.78, 5) is 52.1. The Labute approximate surface area is 284 Å². The van der Waals surface area contributed by atoms with Crippen LogP contribution in [0.3, 0.4) is 0 Å². The number of aromatic nitrogens is 2. The molecule has 1 saturated heterocycles. The third-order valence-electron chi connectivity index (χ3n) is 9.94. The average molecular weight is 733 g/mol. The van der Waals surface area contributed by atoms with Crippen LogP contribution in [0.1, 0.15) is 60.3 Å². The van der Waals surface area contributed by atoms with Gasteiger partial charge < -0.3 is 29.4 Å². The van der Waals surface area contributed by atoms with Crippen molar-refractivity contribution in [3.05, 3.63) is 43.7 Å². The average Bonchev–Trinajstić information content (AvgIpc) is 3.36. The maximum absolute atomic E-state index is 14.1. The molecule has 3 rings (SSSR count). The number of hydrogen-bond donors (Lipinski definition) is 2. The van der Waals surface area contributed by atoms with Gasteiger partial charge in [-0.1, -0.05) is 41.5 Å². The fraction of sp³-hybridized carbons (Fsp3) is 0.733. The summed E-state index contributed by atoms with van der Waals surface area (Å²) in [6.45, 7) is 22.1. The highest BCUT2D eigenvalue weighted by atomic mass is 32.2. The molecule has 15 nitrogen and oxygen atoms in total. The monoisotopic (exact) mass is 732 g/mol. The quantitative estimate of drug-likeness (QED) is 0.203. The number of nitrogens with one attached hydrogen (secondary N) is 1. The normalized spacial score (nSPS) is 25.2. The molecular formula is C30H52N4O11SSi2. The van der Waals surface area contributed by atoms with E-state index in [2.05, 4.69) is 30.8 Å². The maximum Gasteiger partial charge on any atom is 0.333 e. The van der Waals surface area contributed by atoms with E-state index in [0.29, 0.717) is 4.57 Å². The van der Waals surface area contributed by atoms with Gasteiger partial charge in [0, 0.05) is 11.8 Å². The first-order valence-electron chi connectivity index (χ1n) is 15.7. The van der Waals surface area contributed by atoms with Crippen molar-refractivity contribution in [3.63, 3.8) is 0 Å². The van der Waals surface area contributed by atoms with E-state index in [9.17, 15) is 27.6 Å². The molecule has 272 valence electrons. The maximum atomic E-state index is 14.1. The molecule has 5 atom stereocenters. The van der Waals surface area contributed by atoms with Crippen molar-refractivity contribution >= 4 is 38.6 Å². The lowest BCUT2D eigenvalue weighted by molar-refractivity contribution is -0.144. The minimum absolute atomic E-state index is 0.0802. The summed E-state index contributed by atoms with van der Waals surface area (Å²) in [5, 5.41) is 2.63. The van der Waals surface area contributed by atoms with E-state index < -0.39 is 91.5 Å². The molecule has 1 spiro atoms. The number of esters is 1. The van der Waals surface area contributed by atoms with Gasteiger partial charge in [0.05, 0.1) is 24.8 Å². The third-order valence-corrected chi connectivity index (χ3v) is 20.0. The smallest absolute Gasteiger partial charge is 0.333 e. The van der Waals surface area contributed by atoms with Gasteiger partial charge in [0.15, 0.2) is 28.5 Å². The van der Waals surface area contributed by atoms with E-state index in [0.717, 1.165) is 17.1 Å². The van der Waals surface area contributed by atoms with Gasteiger partial charge in [0.1, 0.15) is 24.8 Å². The molecule has 2 aliphatic heterocycles. The van der Waals surface area contributed by atoms with Crippen LogP contribution in [0.25, 0.3) is 0 Å². The number of carbonyl (C=O) groups excluding carboxylic acids is 2. The fourth-order valence-electron chi connectivity index (χ4n) is 4.96. The number of aryl methyl sites for hydroxylation is 1. The molecule has 3 N–H and O–H groups in total. The first-order chi connectivity index (χ1) is 21.6. The minimum atomic E-state index is -4.31. The Kier molecular flexibility index (Phi) is 11.0. The number of ether oxygens (including phenoxy) is 2. The zero-order valence-electron chi connectivity index (χ0n) is 30.2. The second-order valence-electron chi connectivity index (χ2n) is 15.5. The van der Waals surface area contributed by atoms with Crippen molar-refractivity contribution in [3.8, 4) is 0 Å². The Bertz CT molecular complexity index is 1690. The van der Waals surface area contributed by atoms with Crippen molar-refractivity contribution in [2.24, 2.45) is 5.73 Å². The van der Waals surface area contributed by atoms with Crippen molar-refractivity contribution in [2.45, 2.75) is 128 Å². The van der Waals surface area contributed by atoms with Crippen molar-refractivity contribution in [1.82, 2.24) is 14.5 Å². The lowest BCUT2D eigenvalue weighted by Gasteiger charge is -2.43. The van der Waals surface area contributed by atoms with Gasteiger partial charge in [0.25, 0.3) is 15.7 Å². The summed E-state index contributed by atoms with van der Waals surface area (Å²) in [5.41, 5.74) is 2.82. The molecule has 4 unspecified atom stereocenters. The molecule has 0 bridgehead atoms. The number of hydrogen-bond acceptors (Lipinski definition) is 12. The zero-order valence-corrected chi connectivity index (χ0v) is 33.1. The predicted octanol–water partition coefficient (Wildman–Crippen LogP) is 2.20. The Hall–Kier alpha value is -2.62. The highest BCUT2D eigenvalue weighted by Crippen LogP contribution is 2.52. The Morgan fingerprint density at radius 3 is 2.12 bits per heavy atom. The second kappa shape index (κ2) is 13.3. The van der Waals surface area contributed by atoms with Crippen LogP contribution in [-0.4, -0.2) is 83.6 Å². The van der Waals surface area contributed by atoms with Crippen LogP contribution in [0.2, 0.25) is 36.3 Å². The van der Waals surface area contributed by atoms with Gasteiger partial charge >= 0.3 is 11.7 Å². The molecule has 2 aliphatic rings. The summed E-state index contributed by atoms with van der Waals surface area (Å²) in [6.07, 6.45) is -2.58. The third kappa shape index (κ3) is 7.58. The molecule has 0 aromatic carbocycles. The van der Waals surface area contributed by atoms with Crippen LogP contribution in [-0.2, 0) is 48.8 Å². The largest absolute Gasteiger partial charge is 0.467 e. The molecule has 48 heavy (non-hydrogen) atoms. The summed E-state index contributed by atoms with van der Waals surface area (Å²) >= 11 is 0. The molecule has 18 heteroatoms. The molecule has 1 aromatic heterocycles. The van der Waals surface area contributed by atoms with Gasteiger partial charge in [-0.3, -0.25) is 18.7 Å². The van der Waals surface area contributed by atoms with Crippen molar-refractivity contribution in [2.75, 3.05) is 13.7 Å². The van der Waals surface area contributed by atoms with Gasteiger partial charge in [0.2, 0.25) is 5.91 Å². The second-order valence-corrected chi connectivity index (χ2v) is 26.5. The molecule has 1 amide bonds. The molecule has 1 aromatic rings. The van der Waals surface area contributed by atoms with Gasteiger partial charge in [-0.2, -0.15) is 8.42 Å². The van der Waals surface area contributed by atoms with E-state index in [1.807, 2.05) is 47.0 Å². The molecule has 1 fully saturated rings. The number of carbonyl (C=O) groups is 2. The molecule has 0 saturated carbocycles. The number of methoxy groups -OCH3 is 1. The highest BCUT2D eigenvalue weighted by Gasteiger charge is 2.67. The van der Waals surface area contributed by atoms with E-state index in [4.69, 9.17) is 23.5 Å². The lowest BCUT2D eigenvalue weighted by atomic mass is 9.89. The van der Waals surface area contributed by atoms with E-state index in [-0.39, 0.29) is 22.9 Å². The van der Waals surface area contributed by atoms with E-state index in [1.165, 1.54) is 20.0 Å². The summed E-state index contributed by atoms with van der Waals surface area (Å²) < 4.78 is 58.3. The van der Waals surface area contributed by atoms with Crippen LogP contribution in [0.15, 0.2) is 26.9 Å². The highest BCUT2D eigenvalue weighted by molar-refractivity contribution is 7.90. The van der Waals surface area contributed by atoms with Gasteiger partial charge in [-0.25, -0.2) is 13.8 Å². The first kappa shape index (κ1) is 39.8. The van der Waals surface area contributed by atoms with Gasteiger partial charge in [-0.15, -0.1) is 0 Å². The fourth-order valence-corrected chi connectivity index (χ4v) is 8.47. The first-order valence-corrected chi connectivity index (χ1v) is 23.0. The Morgan fingerprint density at radius 1 is 1.08 bits per heavy atom. The summed E-state index contributed by atoms with van der Waals surface area (Å²) in [6, 6.07) is -1.04. The van der Waals surface area contributed by atoms with Crippen molar-refractivity contribution < 1.29 is 40.5 Å². The lowest BCUT2D eigenvalue weighted by Crippen LogP contribution is -2.59. The Morgan fingerprint density at radius 2 is 1.65 bits per heavy atom. The zero-order chi connectivity index (χ0) is 37.0. The van der Waals surface area contributed by atoms with Crippen LogP contribution < -0.4 is 22.3 Å². The predicted molar refractivity (Wildman–Crippen MR) is 183 cm³/mol. The Balaban J connectivity index is 2.25. The summed E-state index contributed by atoms with van der Waals surface area (Å²) in [5.74, 6) is -1.50. The molecule has 0 aliphatic carbocycles. The van der Waals surface area contributed by atoms with Crippen LogP contribution in [0, 0.1) is 6.92 Å².